The maximum absolute atomic E-state index is 13.2. The number of fused-ring (bicyclic) bond motifs is 1. The van der Waals surface area contributed by atoms with Crippen LogP contribution >= 0.6 is 0 Å². The second-order valence-electron chi connectivity index (χ2n) is 8.99. The summed E-state index contributed by atoms with van der Waals surface area (Å²) in [4.78, 5) is 11.3. The van der Waals surface area contributed by atoms with E-state index in [1.54, 1.807) is 18.5 Å². The fourth-order valence-electron chi connectivity index (χ4n) is 4.63. The molecule has 2 aromatic carbocycles. The molecule has 204 valence electrons. The second-order valence-corrected chi connectivity index (χ2v) is 11.1. The number of benzene rings is 2. The number of carboxylic acid groups (broad SMARTS) is 1. The van der Waals surface area contributed by atoms with Crippen molar-refractivity contribution in [3.05, 3.63) is 59.7 Å². The molecule has 0 bridgehead atoms. The second kappa shape index (κ2) is 12.1. The molecule has 2 saturated heterocycles. The van der Waals surface area contributed by atoms with Crippen LogP contribution < -0.4 is 9.47 Å². The highest BCUT2D eigenvalue weighted by Crippen LogP contribution is 2.35. The molecule has 8 nitrogen and oxygen atoms in total. The molecular formula is C25H31F3N2O6S. The number of aliphatic carboxylic acids is 1. The van der Waals surface area contributed by atoms with Crippen molar-refractivity contribution in [1.82, 2.24) is 9.21 Å². The summed E-state index contributed by atoms with van der Waals surface area (Å²) in [7, 11) is 0.0288. The molecule has 0 aromatic heterocycles. The minimum absolute atomic E-state index is 0.198. The summed E-state index contributed by atoms with van der Waals surface area (Å²) in [6.45, 7) is 3.60. The van der Waals surface area contributed by atoms with Gasteiger partial charge in [0, 0.05) is 19.6 Å². The lowest BCUT2D eigenvalue weighted by atomic mass is 10.0. The predicted octanol–water partition coefficient (Wildman–Crippen LogP) is 3.76. The van der Waals surface area contributed by atoms with Gasteiger partial charge in [0.25, 0.3) is 0 Å². The minimum atomic E-state index is -5.08. The first kappa shape index (κ1) is 28.7. The van der Waals surface area contributed by atoms with Gasteiger partial charge < -0.3 is 14.6 Å². The van der Waals surface area contributed by atoms with Crippen molar-refractivity contribution < 1.29 is 41.0 Å². The van der Waals surface area contributed by atoms with E-state index in [-0.39, 0.29) is 11.2 Å². The summed E-state index contributed by atoms with van der Waals surface area (Å²) < 4.78 is 70.4. The summed E-state index contributed by atoms with van der Waals surface area (Å²) >= 11 is 0. The zero-order chi connectivity index (χ0) is 27.2. The Labute approximate surface area is 214 Å². The van der Waals surface area contributed by atoms with E-state index in [2.05, 4.69) is 17.0 Å². The number of alkyl halides is 3. The molecule has 37 heavy (non-hydrogen) atoms. The average molecular weight is 545 g/mol. The van der Waals surface area contributed by atoms with E-state index >= 15 is 0 Å². The lowest BCUT2D eigenvalue weighted by Crippen LogP contribution is -2.31. The molecule has 4 rings (SSSR count). The Morgan fingerprint density at radius 3 is 2.19 bits per heavy atom. The Balaban J connectivity index is 0.000000479. The first-order valence-corrected chi connectivity index (χ1v) is 13.2. The Morgan fingerprint density at radius 1 is 0.973 bits per heavy atom. The fraction of sp³-hybridized carbons (Fsp3) is 0.480. The Bertz CT molecular complexity index is 1160. The van der Waals surface area contributed by atoms with Crippen LogP contribution in [0.4, 0.5) is 13.2 Å². The van der Waals surface area contributed by atoms with Crippen molar-refractivity contribution in [3.8, 4) is 11.5 Å². The Hall–Kier alpha value is -2.83. The average Bonchev–Trinajstić information content (AvgIpc) is 2.97. The van der Waals surface area contributed by atoms with Crippen molar-refractivity contribution in [2.75, 3.05) is 33.9 Å². The summed E-state index contributed by atoms with van der Waals surface area (Å²) in [6.07, 6.45) is -3.48. The van der Waals surface area contributed by atoms with Crippen molar-refractivity contribution in [3.63, 3.8) is 0 Å². The van der Waals surface area contributed by atoms with Crippen LogP contribution in [0, 0.1) is 5.92 Å². The quantitative estimate of drug-likeness (QED) is 0.592. The van der Waals surface area contributed by atoms with Crippen LogP contribution in [0.1, 0.15) is 24.0 Å². The van der Waals surface area contributed by atoms with Gasteiger partial charge in [0.2, 0.25) is 10.0 Å². The van der Waals surface area contributed by atoms with E-state index < -0.39 is 22.2 Å². The minimum Gasteiger partial charge on any atom is -0.497 e. The number of carboxylic acids is 1. The van der Waals surface area contributed by atoms with E-state index in [1.807, 2.05) is 36.4 Å². The van der Waals surface area contributed by atoms with E-state index in [9.17, 15) is 21.6 Å². The molecule has 2 fully saturated rings. The molecule has 2 aromatic rings. The normalized spacial score (nSPS) is 21.8. The van der Waals surface area contributed by atoms with Crippen LogP contribution in [0.3, 0.4) is 0 Å². The first-order chi connectivity index (χ1) is 17.4. The van der Waals surface area contributed by atoms with Crippen LogP contribution in [0.15, 0.2) is 48.5 Å². The number of sulfonamides is 1. The molecule has 1 N–H and O–H groups in total. The maximum atomic E-state index is 13.2. The number of carbonyl (C=O) groups is 1. The molecule has 0 spiro atoms. The van der Waals surface area contributed by atoms with Gasteiger partial charge in [-0.2, -0.15) is 17.5 Å². The van der Waals surface area contributed by atoms with Gasteiger partial charge in [0.05, 0.1) is 19.5 Å². The molecule has 2 aliphatic rings. The van der Waals surface area contributed by atoms with Gasteiger partial charge in [-0.15, -0.1) is 0 Å². The van der Waals surface area contributed by atoms with Crippen LogP contribution in [0.25, 0.3) is 0 Å². The topological polar surface area (TPSA) is 96.4 Å². The van der Waals surface area contributed by atoms with Gasteiger partial charge in [0.15, 0.2) is 0 Å². The van der Waals surface area contributed by atoms with Crippen molar-refractivity contribution >= 4 is 16.0 Å². The molecule has 0 amide bonds. The first-order valence-electron chi connectivity index (χ1n) is 11.7. The molecule has 0 radical (unpaired) electrons. The largest absolute Gasteiger partial charge is 0.497 e. The monoisotopic (exact) mass is 544 g/mol. The number of rotatable bonds is 6. The number of hydrogen-bond donors (Lipinski definition) is 1. The summed E-state index contributed by atoms with van der Waals surface area (Å²) in [5.74, 6) is -0.920. The number of halogens is 3. The number of hydrogen-bond acceptors (Lipinski definition) is 6. The molecule has 2 atom stereocenters. The highest BCUT2D eigenvalue weighted by Gasteiger charge is 2.46. The van der Waals surface area contributed by atoms with Crippen LogP contribution in [0.5, 0.6) is 11.5 Å². The van der Waals surface area contributed by atoms with Crippen molar-refractivity contribution in [2.45, 2.75) is 37.4 Å². The lowest BCUT2D eigenvalue weighted by Gasteiger charge is -2.22. The smallest absolute Gasteiger partial charge is 0.490 e. The van der Waals surface area contributed by atoms with Crippen LogP contribution in [-0.2, 0) is 27.9 Å². The summed E-state index contributed by atoms with van der Waals surface area (Å²) in [5.41, 5.74) is 2.20. The van der Waals surface area contributed by atoms with E-state index in [0.29, 0.717) is 19.5 Å². The SMILES string of the molecule is COc1ccc(CN2C[C@H]3CCN(Cc4cccc(OC)c4)CC[C@H]3S2(=O)=O)cc1.O=C(O)C(F)(F)F. The number of nitrogens with zero attached hydrogens (tertiary/aromatic N) is 2. The highest BCUT2D eigenvalue weighted by molar-refractivity contribution is 7.90. The van der Waals surface area contributed by atoms with Gasteiger partial charge in [-0.1, -0.05) is 24.3 Å². The zero-order valence-electron chi connectivity index (χ0n) is 20.6. The molecule has 0 saturated carbocycles. The maximum Gasteiger partial charge on any atom is 0.490 e. The van der Waals surface area contributed by atoms with Crippen LogP contribution in [-0.4, -0.2) is 74.0 Å². The third-order valence-corrected chi connectivity index (χ3v) is 8.94. The van der Waals surface area contributed by atoms with Crippen molar-refractivity contribution in [1.29, 1.82) is 0 Å². The van der Waals surface area contributed by atoms with Gasteiger partial charge in [-0.3, -0.25) is 4.90 Å². The lowest BCUT2D eigenvalue weighted by molar-refractivity contribution is -0.192. The third-order valence-electron chi connectivity index (χ3n) is 6.55. The van der Waals surface area contributed by atoms with E-state index in [0.717, 1.165) is 43.1 Å². The third kappa shape index (κ3) is 7.59. The molecule has 2 aliphatic heterocycles. The van der Waals surface area contributed by atoms with Crippen molar-refractivity contribution in [2.24, 2.45) is 5.92 Å². The number of ether oxygens (including phenoxy) is 2. The zero-order valence-corrected chi connectivity index (χ0v) is 21.5. The van der Waals surface area contributed by atoms with Gasteiger partial charge in [-0.25, -0.2) is 13.2 Å². The highest BCUT2D eigenvalue weighted by atomic mass is 32.2. The predicted molar refractivity (Wildman–Crippen MR) is 131 cm³/mol. The Morgan fingerprint density at radius 2 is 1.59 bits per heavy atom. The summed E-state index contributed by atoms with van der Waals surface area (Å²) in [5, 5.41) is 6.85. The molecule has 0 aliphatic carbocycles. The molecule has 12 heteroatoms. The molecule has 0 unspecified atom stereocenters. The number of methoxy groups -OCH3 is 2. The van der Waals surface area contributed by atoms with Gasteiger partial charge in [-0.05, 0) is 67.2 Å². The standard InChI is InChI=1S/C23H30N2O4S.C2HF3O2/c1-28-21-8-6-18(7-9-21)16-25-17-20-10-12-24(13-11-23(20)30(25,26)27)15-19-4-3-5-22(14-19)29-2;3-2(4,5)1(6)7/h3-9,14,20,23H,10-13,15-17H2,1-2H3;(H,6,7)/t20-,23-;/m1./s1. The Kier molecular flexibility index (Phi) is 9.43. The number of likely N-dealkylation sites (tertiary alicyclic amines) is 1. The summed E-state index contributed by atoms with van der Waals surface area (Å²) in [6, 6.07) is 15.7. The molecular weight excluding hydrogens is 513 g/mol. The van der Waals surface area contributed by atoms with Crippen LogP contribution in [0.2, 0.25) is 0 Å². The fourth-order valence-corrected chi connectivity index (χ4v) is 6.85. The van der Waals surface area contributed by atoms with E-state index in [1.165, 1.54) is 5.56 Å². The van der Waals surface area contributed by atoms with Gasteiger partial charge in [0.1, 0.15) is 11.5 Å². The van der Waals surface area contributed by atoms with E-state index in [4.69, 9.17) is 19.4 Å². The van der Waals surface area contributed by atoms with Gasteiger partial charge >= 0.3 is 12.1 Å². The molecule has 2 heterocycles.